The van der Waals surface area contributed by atoms with Crippen molar-refractivity contribution in [3.63, 3.8) is 0 Å². The molecule has 25 heavy (non-hydrogen) atoms. The number of anilines is 1. The number of carbonyl (C=O) groups is 1. The van der Waals surface area contributed by atoms with E-state index in [9.17, 15) is 9.59 Å². The number of hydrogen-bond acceptors (Lipinski definition) is 3. The molecule has 0 saturated carbocycles. The van der Waals surface area contributed by atoms with Crippen molar-refractivity contribution in [3.8, 4) is 0 Å². The maximum absolute atomic E-state index is 12.5. The molecule has 0 aliphatic rings. The van der Waals surface area contributed by atoms with E-state index < -0.39 is 0 Å². The predicted octanol–water partition coefficient (Wildman–Crippen LogP) is 3.56. The van der Waals surface area contributed by atoms with Crippen LogP contribution in [0.4, 0.5) is 5.69 Å². The second-order valence-corrected chi connectivity index (χ2v) is 6.29. The van der Waals surface area contributed by atoms with Gasteiger partial charge < -0.3 is 5.32 Å². The third-order valence-electron chi connectivity index (χ3n) is 4.10. The van der Waals surface area contributed by atoms with Crippen LogP contribution in [0.3, 0.4) is 0 Å². The molecule has 1 heterocycles. The molecular weight excluding hydrogens is 338 g/mol. The molecule has 0 unspecified atom stereocenters. The zero-order chi connectivity index (χ0) is 18.0. The number of carbonyl (C=O) groups excluding carboxylic acids is 1. The number of para-hydroxylation sites is 1. The van der Waals surface area contributed by atoms with E-state index in [0.29, 0.717) is 15.9 Å². The van der Waals surface area contributed by atoms with Gasteiger partial charge in [0.05, 0.1) is 17.2 Å². The van der Waals surface area contributed by atoms with E-state index >= 15 is 0 Å². The summed E-state index contributed by atoms with van der Waals surface area (Å²) >= 11 is 5.95. The molecule has 1 amide bonds. The number of nitrogens with one attached hydrogen (secondary N) is 1. The van der Waals surface area contributed by atoms with Crippen LogP contribution in [-0.4, -0.2) is 15.5 Å². The minimum atomic E-state index is -0.289. The average Bonchev–Trinajstić information content (AvgIpc) is 2.59. The Morgan fingerprint density at radius 1 is 1.28 bits per heavy atom. The van der Waals surface area contributed by atoms with Gasteiger partial charge in [0.1, 0.15) is 6.54 Å². The number of benzene rings is 2. The average molecular weight is 356 g/mol. The van der Waals surface area contributed by atoms with E-state index in [0.717, 1.165) is 23.2 Å². The lowest BCUT2D eigenvalue weighted by Crippen LogP contribution is -2.28. The van der Waals surface area contributed by atoms with Gasteiger partial charge in [0.2, 0.25) is 5.91 Å². The Balaban J connectivity index is 1.88. The Kier molecular flexibility index (Phi) is 4.86. The summed E-state index contributed by atoms with van der Waals surface area (Å²) in [5.41, 5.74) is 3.12. The Bertz CT molecular complexity index is 1010. The number of hydrogen-bond donors (Lipinski definition) is 1. The second kappa shape index (κ2) is 7.07. The van der Waals surface area contributed by atoms with Crippen molar-refractivity contribution in [3.05, 3.63) is 69.2 Å². The fourth-order valence-corrected chi connectivity index (χ4v) is 2.95. The van der Waals surface area contributed by atoms with Gasteiger partial charge in [-0.25, -0.2) is 4.98 Å². The summed E-state index contributed by atoms with van der Waals surface area (Å²) in [5.74, 6) is -0.269. The van der Waals surface area contributed by atoms with E-state index in [2.05, 4.69) is 10.3 Å². The van der Waals surface area contributed by atoms with Gasteiger partial charge in [-0.15, -0.1) is 0 Å². The van der Waals surface area contributed by atoms with Crippen molar-refractivity contribution >= 4 is 34.1 Å². The number of aryl methyl sites for hydroxylation is 2. The number of nitrogens with zero attached hydrogens (tertiary/aromatic N) is 2. The molecule has 0 fully saturated rings. The van der Waals surface area contributed by atoms with E-state index in [1.54, 1.807) is 18.2 Å². The molecule has 0 radical (unpaired) electrons. The third-order valence-corrected chi connectivity index (χ3v) is 4.34. The van der Waals surface area contributed by atoms with Crippen molar-refractivity contribution in [1.29, 1.82) is 0 Å². The lowest BCUT2D eigenvalue weighted by molar-refractivity contribution is -0.116. The molecule has 3 rings (SSSR count). The molecule has 0 saturated heterocycles. The fraction of sp³-hybridized carbons (Fsp3) is 0.211. The van der Waals surface area contributed by atoms with Crippen LogP contribution in [0.25, 0.3) is 10.9 Å². The highest BCUT2D eigenvalue weighted by molar-refractivity contribution is 6.31. The van der Waals surface area contributed by atoms with E-state index in [1.165, 1.54) is 10.9 Å². The number of halogens is 1. The molecule has 0 aliphatic heterocycles. The molecular formula is C19H18ClN3O2. The van der Waals surface area contributed by atoms with E-state index in [1.807, 2.05) is 32.0 Å². The minimum absolute atomic E-state index is 0.105. The van der Waals surface area contributed by atoms with Gasteiger partial charge in [-0.1, -0.05) is 36.7 Å². The first-order chi connectivity index (χ1) is 12.0. The molecule has 0 aliphatic carbocycles. The van der Waals surface area contributed by atoms with Crippen molar-refractivity contribution in [1.82, 2.24) is 9.55 Å². The molecule has 2 aromatic carbocycles. The summed E-state index contributed by atoms with van der Waals surface area (Å²) in [7, 11) is 0. The number of aromatic nitrogens is 2. The lowest BCUT2D eigenvalue weighted by atomic mass is 10.1. The predicted molar refractivity (Wildman–Crippen MR) is 100 cm³/mol. The third kappa shape index (κ3) is 3.56. The van der Waals surface area contributed by atoms with Crippen molar-refractivity contribution < 1.29 is 4.79 Å². The van der Waals surface area contributed by atoms with Crippen LogP contribution in [0.2, 0.25) is 5.02 Å². The smallest absolute Gasteiger partial charge is 0.261 e. The van der Waals surface area contributed by atoms with Gasteiger partial charge in [-0.3, -0.25) is 14.2 Å². The van der Waals surface area contributed by atoms with Crippen LogP contribution in [0, 0.1) is 6.92 Å². The highest BCUT2D eigenvalue weighted by atomic mass is 35.5. The molecule has 0 spiro atoms. The lowest BCUT2D eigenvalue weighted by Gasteiger charge is -2.13. The minimum Gasteiger partial charge on any atom is -0.324 e. The molecule has 1 aromatic heterocycles. The zero-order valence-electron chi connectivity index (χ0n) is 14.0. The first-order valence-corrected chi connectivity index (χ1v) is 8.40. The van der Waals surface area contributed by atoms with E-state index in [4.69, 9.17) is 11.6 Å². The Hall–Kier alpha value is -2.66. The van der Waals surface area contributed by atoms with Crippen LogP contribution in [-0.2, 0) is 17.8 Å². The first kappa shape index (κ1) is 17.2. The van der Waals surface area contributed by atoms with Crippen LogP contribution in [0.15, 0.2) is 47.5 Å². The van der Waals surface area contributed by atoms with Crippen molar-refractivity contribution in [2.24, 2.45) is 0 Å². The number of rotatable bonds is 4. The van der Waals surface area contributed by atoms with Gasteiger partial charge >= 0.3 is 0 Å². The summed E-state index contributed by atoms with van der Waals surface area (Å²) in [6.45, 7) is 3.87. The van der Waals surface area contributed by atoms with Gasteiger partial charge in [0.15, 0.2) is 0 Å². The second-order valence-electron chi connectivity index (χ2n) is 5.85. The van der Waals surface area contributed by atoms with Crippen LogP contribution in [0.5, 0.6) is 0 Å². The number of amides is 1. The first-order valence-electron chi connectivity index (χ1n) is 8.02. The summed E-state index contributed by atoms with van der Waals surface area (Å²) in [4.78, 5) is 29.2. The van der Waals surface area contributed by atoms with Crippen LogP contribution < -0.4 is 10.9 Å². The molecule has 1 N–H and O–H groups in total. The van der Waals surface area contributed by atoms with Crippen molar-refractivity contribution in [2.45, 2.75) is 26.8 Å². The molecule has 3 aromatic rings. The summed E-state index contributed by atoms with van der Waals surface area (Å²) < 4.78 is 1.29. The quantitative estimate of drug-likeness (QED) is 0.778. The molecule has 128 valence electrons. The fourth-order valence-electron chi connectivity index (χ4n) is 2.78. The molecule has 0 atom stereocenters. The SMILES string of the molecule is CCc1cccc(C)c1NC(=O)Cn1cnc2ccc(Cl)cc2c1=O. The van der Waals surface area contributed by atoms with Gasteiger partial charge in [0, 0.05) is 10.7 Å². The highest BCUT2D eigenvalue weighted by Crippen LogP contribution is 2.21. The maximum atomic E-state index is 12.5. The topological polar surface area (TPSA) is 64.0 Å². The highest BCUT2D eigenvalue weighted by Gasteiger charge is 2.11. The molecule has 6 heteroatoms. The number of fused-ring (bicyclic) bond motifs is 1. The van der Waals surface area contributed by atoms with Gasteiger partial charge in [0.25, 0.3) is 5.56 Å². The summed E-state index contributed by atoms with van der Waals surface area (Å²) in [5, 5.41) is 3.77. The van der Waals surface area contributed by atoms with Crippen molar-refractivity contribution in [2.75, 3.05) is 5.32 Å². The summed E-state index contributed by atoms with van der Waals surface area (Å²) in [6.07, 6.45) is 2.20. The summed E-state index contributed by atoms with van der Waals surface area (Å²) in [6, 6.07) is 10.8. The van der Waals surface area contributed by atoms with Gasteiger partial charge in [-0.05, 0) is 42.7 Å². The van der Waals surface area contributed by atoms with Crippen LogP contribution in [0.1, 0.15) is 18.1 Å². The maximum Gasteiger partial charge on any atom is 0.261 e. The molecule has 0 bridgehead atoms. The monoisotopic (exact) mass is 355 g/mol. The Morgan fingerprint density at radius 3 is 2.84 bits per heavy atom. The Labute approximate surface area is 150 Å². The molecule has 5 nitrogen and oxygen atoms in total. The van der Waals surface area contributed by atoms with Crippen LogP contribution >= 0.6 is 11.6 Å². The van der Waals surface area contributed by atoms with E-state index in [-0.39, 0.29) is 18.0 Å². The standard InChI is InChI=1S/C19H18ClN3O2/c1-3-13-6-4-5-12(2)18(13)22-17(24)10-23-11-21-16-8-7-14(20)9-15(16)19(23)25/h4-9,11H,3,10H2,1-2H3,(H,22,24). The normalized spacial score (nSPS) is 10.8. The largest absolute Gasteiger partial charge is 0.324 e. The zero-order valence-corrected chi connectivity index (χ0v) is 14.8. The Morgan fingerprint density at radius 2 is 2.08 bits per heavy atom. The van der Waals surface area contributed by atoms with Gasteiger partial charge in [-0.2, -0.15) is 0 Å².